The number of hydrogen-bond donors (Lipinski definition) is 1. The molecule has 0 bridgehead atoms. The van der Waals surface area contributed by atoms with E-state index in [1.165, 1.54) is 18.1 Å². The zero-order chi connectivity index (χ0) is 17.4. The van der Waals surface area contributed by atoms with Crippen molar-refractivity contribution in [2.24, 2.45) is 4.36 Å². The van der Waals surface area contributed by atoms with Crippen LogP contribution >= 0.6 is 12.2 Å². The van der Waals surface area contributed by atoms with Crippen molar-refractivity contribution in [2.45, 2.75) is 19.8 Å². The number of hydrogen-bond acceptors (Lipinski definition) is 6. The maximum Gasteiger partial charge on any atom is 0.316 e. The number of benzene rings is 1. The molecule has 0 aromatic heterocycles. The molecule has 1 N–H and O–H groups in total. The molecule has 0 atom stereocenters. The summed E-state index contributed by atoms with van der Waals surface area (Å²) < 4.78 is 30.1. The summed E-state index contributed by atoms with van der Waals surface area (Å²) in [4.78, 5) is 13.9. The average Bonchev–Trinajstić information content (AvgIpc) is 2.51. The van der Waals surface area contributed by atoms with E-state index in [0.717, 1.165) is 6.42 Å². The van der Waals surface area contributed by atoms with E-state index in [-0.39, 0.29) is 18.0 Å². The SMILES string of the molecule is CCCN(C(=O)Cc1ccc(OC)c(N=S(=O)=O)c1)C(=S)NC. The number of nitrogens with zero attached hydrogens (tertiary/aromatic N) is 2. The number of carbonyl (C=O) groups is 1. The van der Waals surface area contributed by atoms with Crippen LogP contribution in [-0.2, 0) is 21.7 Å². The number of amides is 1. The molecule has 23 heavy (non-hydrogen) atoms. The summed E-state index contributed by atoms with van der Waals surface area (Å²) >= 11 is 5.13. The molecule has 0 aliphatic heterocycles. The molecule has 0 saturated heterocycles. The molecule has 0 unspecified atom stereocenters. The van der Waals surface area contributed by atoms with E-state index in [2.05, 4.69) is 9.68 Å². The quantitative estimate of drug-likeness (QED) is 0.779. The molecule has 0 aliphatic carbocycles. The molecule has 1 aromatic carbocycles. The zero-order valence-electron chi connectivity index (χ0n) is 13.2. The van der Waals surface area contributed by atoms with Crippen molar-refractivity contribution in [3.63, 3.8) is 0 Å². The molecule has 0 heterocycles. The minimum absolute atomic E-state index is 0.0832. The third-order valence-electron chi connectivity index (χ3n) is 2.98. The van der Waals surface area contributed by atoms with Crippen LogP contribution in [-0.4, -0.2) is 45.0 Å². The monoisotopic (exact) mass is 357 g/mol. The smallest absolute Gasteiger partial charge is 0.316 e. The van der Waals surface area contributed by atoms with E-state index in [1.54, 1.807) is 19.2 Å². The van der Waals surface area contributed by atoms with Gasteiger partial charge in [-0.2, -0.15) is 8.42 Å². The highest BCUT2D eigenvalue weighted by atomic mass is 32.2. The van der Waals surface area contributed by atoms with Gasteiger partial charge in [-0.3, -0.25) is 9.69 Å². The van der Waals surface area contributed by atoms with Crippen LogP contribution < -0.4 is 10.1 Å². The third-order valence-corrected chi connectivity index (χ3v) is 3.75. The fourth-order valence-electron chi connectivity index (χ4n) is 1.97. The lowest BCUT2D eigenvalue weighted by Crippen LogP contribution is -2.43. The van der Waals surface area contributed by atoms with Gasteiger partial charge < -0.3 is 10.1 Å². The molecule has 0 fully saturated rings. The molecule has 1 aromatic rings. The molecule has 0 radical (unpaired) electrons. The first kappa shape index (κ1) is 19.0. The molecule has 9 heteroatoms. The Morgan fingerprint density at radius 3 is 2.65 bits per heavy atom. The first-order valence-corrected chi connectivity index (χ1v) is 8.37. The third kappa shape index (κ3) is 5.61. The topological polar surface area (TPSA) is 88.1 Å². The van der Waals surface area contributed by atoms with Gasteiger partial charge in [0, 0.05) is 13.6 Å². The van der Waals surface area contributed by atoms with Crippen molar-refractivity contribution in [3.05, 3.63) is 23.8 Å². The minimum Gasteiger partial charge on any atom is -0.494 e. The fourth-order valence-corrected chi connectivity index (χ4v) is 2.46. The first-order valence-electron chi connectivity index (χ1n) is 6.93. The second kappa shape index (κ2) is 9.21. The highest BCUT2D eigenvalue weighted by molar-refractivity contribution is 7.80. The van der Waals surface area contributed by atoms with Gasteiger partial charge in [0.05, 0.1) is 13.5 Å². The predicted octanol–water partition coefficient (Wildman–Crippen LogP) is 1.67. The predicted molar refractivity (Wildman–Crippen MR) is 91.4 cm³/mol. The molecule has 0 spiro atoms. The van der Waals surface area contributed by atoms with E-state index >= 15 is 0 Å². The molecule has 0 saturated carbocycles. The Labute approximate surface area is 142 Å². The van der Waals surface area contributed by atoms with Gasteiger partial charge in [-0.1, -0.05) is 13.0 Å². The number of nitrogens with one attached hydrogen (secondary N) is 1. The van der Waals surface area contributed by atoms with Gasteiger partial charge in [-0.25, -0.2) is 0 Å². The average molecular weight is 357 g/mol. The van der Waals surface area contributed by atoms with Crippen LogP contribution in [0.25, 0.3) is 0 Å². The second-order valence-corrected chi connectivity index (χ2v) is 5.60. The lowest BCUT2D eigenvalue weighted by molar-refractivity contribution is -0.126. The summed E-state index contributed by atoms with van der Waals surface area (Å²) in [7, 11) is 0.476. The molecular weight excluding hydrogens is 338 g/mol. The van der Waals surface area contributed by atoms with Crippen molar-refractivity contribution < 1.29 is 17.9 Å². The van der Waals surface area contributed by atoms with Crippen LogP contribution in [0.3, 0.4) is 0 Å². The summed E-state index contributed by atoms with van der Waals surface area (Å²) in [5.41, 5.74) is 0.782. The van der Waals surface area contributed by atoms with E-state index in [9.17, 15) is 13.2 Å². The van der Waals surface area contributed by atoms with Crippen LogP contribution in [0.4, 0.5) is 5.69 Å². The Morgan fingerprint density at radius 1 is 1.43 bits per heavy atom. The molecule has 1 amide bonds. The summed E-state index contributed by atoms with van der Waals surface area (Å²) in [6.07, 6.45) is 0.853. The Hall–Kier alpha value is -2.00. The zero-order valence-corrected chi connectivity index (χ0v) is 14.8. The van der Waals surface area contributed by atoms with Crippen molar-refractivity contribution in [1.29, 1.82) is 0 Å². The van der Waals surface area contributed by atoms with Gasteiger partial charge in [-0.15, -0.1) is 4.36 Å². The molecule has 1 rings (SSSR count). The lowest BCUT2D eigenvalue weighted by atomic mass is 10.1. The lowest BCUT2D eigenvalue weighted by Gasteiger charge is -2.22. The van der Waals surface area contributed by atoms with Crippen LogP contribution in [0.5, 0.6) is 5.75 Å². The summed E-state index contributed by atoms with van der Waals surface area (Å²) in [6, 6.07) is 4.78. The summed E-state index contributed by atoms with van der Waals surface area (Å²) in [5.74, 6) is 0.145. The van der Waals surface area contributed by atoms with Gasteiger partial charge in [0.25, 0.3) is 0 Å². The molecule has 126 valence electrons. The maximum absolute atomic E-state index is 12.4. The number of methoxy groups -OCH3 is 1. The Bertz CT molecular complexity index is 709. The second-order valence-electron chi connectivity index (χ2n) is 4.59. The van der Waals surface area contributed by atoms with Gasteiger partial charge >= 0.3 is 10.5 Å². The van der Waals surface area contributed by atoms with Crippen LogP contribution in [0, 0.1) is 0 Å². The summed E-state index contributed by atoms with van der Waals surface area (Å²) in [6.45, 7) is 2.46. The van der Waals surface area contributed by atoms with E-state index < -0.39 is 10.5 Å². The van der Waals surface area contributed by atoms with Gasteiger partial charge in [0.15, 0.2) is 5.11 Å². The Balaban J connectivity index is 3.05. The highest BCUT2D eigenvalue weighted by Crippen LogP contribution is 2.28. The highest BCUT2D eigenvalue weighted by Gasteiger charge is 2.17. The Kier molecular flexibility index (Phi) is 7.63. The molecular formula is C14H19N3O4S2. The van der Waals surface area contributed by atoms with Crippen molar-refractivity contribution in [1.82, 2.24) is 10.2 Å². The van der Waals surface area contributed by atoms with Crippen molar-refractivity contribution in [2.75, 3.05) is 20.7 Å². The normalized spacial score (nSPS) is 9.87. The van der Waals surface area contributed by atoms with E-state index in [0.29, 0.717) is 23.0 Å². The van der Waals surface area contributed by atoms with Crippen molar-refractivity contribution >= 4 is 39.4 Å². The largest absolute Gasteiger partial charge is 0.494 e. The number of ether oxygens (including phenoxy) is 1. The van der Waals surface area contributed by atoms with Crippen molar-refractivity contribution in [3.8, 4) is 5.75 Å². The maximum atomic E-state index is 12.4. The van der Waals surface area contributed by atoms with E-state index in [4.69, 9.17) is 17.0 Å². The number of thiocarbonyl (C=S) groups is 1. The number of rotatable bonds is 6. The number of carbonyl (C=O) groups excluding carboxylic acids is 1. The van der Waals surface area contributed by atoms with Crippen LogP contribution in [0.15, 0.2) is 22.6 Å². The fraction of sp³-hybridized carbons (Fsp3) is 0.429. The van der Waals surface area contributed by atoms with Crippen LogP contribution in [0.2, 0.25) is 0 Å². The first-order chi connectivity index (χ1) is 10.9. The van der Waals surface area contributed by atoms with E-state index in [1.807, 2.05) is 6.92 Å². The molecule has 0 aliphatic rings. The van der Waals surface area contributed by atoms with Gasteiger partial charge in [0.1, 0.15) is 11.4 Å². The Morgan fingerprint density at radius 2 is 2.13 bits per heavy atom. The van der Waals surface area contributed by atoms with Gasteiger partial charge in [0.2, 0.25) is 5.91 Å². The molecule has 7 nitrogen and oxygen atoms in total. The minimum atomic E-state index is -2.60. The summed E-state index contributed by atoms with van der Waals surface area (Å²) in [5, 5.41) is 3.15. The van der Waals surface area contributed by atoms with Crippen LogP contribution in [0.1, 0.15) is 18.9 Å². The van der Waals surface area contributed by atoms with Gasteiger partial charge in [-0.05, 0) is 36.3 Å². The standard InChI is InChI=1S/C14H19N3O4S2/c1-4-7-17(14(22)15-2)13(18)9-10-5-6-12(21-3)11(8-10)16-23(19)20/h5-6,8H,4,7,9H2,1-3H3,(H,15,22).